The first-order valence-corrected chi connectivity index (χ1v) is 9.10. The van der Waals surface area contributed by atoms with Crippen molar-refractivity contribution in [3.8, 4) is 0 Å². The van der Waals surface area contributed by atoms with Crippen LogP contribution in [0.15, 0.2) is 35.5 Å². The molecule has 0 radical (unpaired) electrons. The number of rotatable bonds is 6. The second kappa shape index (κ2) is 8.01. The number of benzene rings is 1. The van der Waals surface area contributed by atoms with Crippen molar-refractivity contribution < 1.29 is 4.79 Å². The van der Waals surface area contributed by atoms with E-state index in [1.54, 1.807) is 4.68 Å². The lowest BCUT2D eigenvalue weighted by molar-refractivity contribution is -0.113. The summed E-state index contributed by atoms with van der Waals surface area (Å²) >= 11 is 1.28. The Morgan fingerprint density at radius 1 is 1.27 bits per heavy atom. The molecule has 1 amide bonds. The van der Waals surface area contributed by atoms with Crippen LogP contribution in [-0.2, 0) is 11.8 Å². The Morgan fingerprint density at radius 2 is 2.04 bits per heavy atom. The van der Waals surface area contributed by atoms with Gasteiger partial charge in [-0.15, -0.1) is 5.10 Å². The lowest BCUT2D eigenvalue weighted by Crippen LogP contribution is -2.15. The van der Waals surface area contributed by atoms with Crippen molar-refractivity contribution >= 4 is 35.5 Å². The molecule has 3 aromatic rings. The number of carbonyl (C=O) groups excluding carboxylic acids is 1. The van der Waals surface area contributed by atoms with Gasteiger partial charge in [-0.25, -0.2) is 4.98 Å². The summed E-state index contributed by atoms with van der Waals surface area (Å²) in [6.45, 7) is 3.79. The predicted octanol–water partition coefficient (Wildman–Crippen LogP) is 3.06. The molecule has 0 atom stereocenters. The number of carbonyl (C=O) groups is 1. The van der Waals surface area contributed by atoms with Gasteiger partial charge in [0.1, 0.15) is 5.82 Å². The summed E-state index contributed by atoms with van der Waals surface area (Å²) in [6, 6.07) is 9.95. The Bertz CT molecular complexity index is 929. The molecule has 0 unspecified atom stereocenters. The van der Waals surface area contributed by atoms with Gasteiger partial charge < -0.3 is 5.32 Å². The van der Waals surface area contributed by atoms with Crippen molar-refractivity contribution in [2.45, 2.75) is 19.0 Å². The van der Waals surface area contributed by atoms with Crippen molar-refractivity contribution in [1.29, 1.82) is 0 Å². The number of amides is 1. The van der Waals surface area contributed by atoms with Crippen LogP contribution in [0.3, 0.4) is 0 Å². The van der Waals surface area contributed by atoms with Crippen LogP contribution in [-0.4, -0.2) is 36.6 Å². The summed E-state index contributed by atoms with van der Waals surface area (Å²) in [7, 11) is 1.85. The molecule has 2 aromatic heterocycles. The van der Waals surface area contributed by atoms with E-state index in [2.05, 4.69) is 25.6 Å². The first kappa shape index (κ1) is 17.9. The van der Waals surface area contributed by atoms with Gasteiger partial charge in [0.2, 0.25) is 11.1 Å². The van der Waals surface area contributed by atoms with Crippen LogP contribution in [0, 0.1) is 13.8 Å². The second-order valence-corrected chi connectivity index (χ2v) is 6.70. The Kier molecular flexibility index (Phi) is 5.52. The smallest absolute Gasteiger partial charge is 0.234 e. The highest BCUT2D eigenvalue weighted by molar-refractivity contribution is 7.99. The van der Waals surface area contributed by atoms with Gasteiger partial charge in [0.15, 0.2) is 0 Å². The number of hydrogen-bond donors (Lipinski definition) is 2. The van der Waals surface area contributed by atoms with Crippen molar-refractivity contribution in [2.75, 3.05) is 11.1 Å². The molecule has 0 aliphatic carbocycles. The molecule has 0 aliphatic heterocycles. The monoisotopic (exact) mass is 368 g/mol. The molecule has 134 valence electrons. The third kappa shape index (κ3) is 4.40. The fraction of sp³-hybridized carbons (Fsp3) is 0.222. The zero-order chi connectivity index (χ0) is 18.5. The third-order valence-electron chi connectivity index (χ3n) is 3.82. The summed E-state index contributed by atoms with van der Waals surface area (Å²) in [5, 5.41) is 14.7. The van der Waals surface area contributed by atoms with Gasteiger partial charge in [0, 0.05) is 7.05 Å². The normalized spacial score (nSPS) is 11.2. The predicted molar refractivity (Wildman–Crippen MR) is 104 cm³/mol. The maximum absolute atomic E-state index is 12.2. The van der Waals surface area contributed by atoms with E-state index in [1.165, 1.54) is 11.8 Å². The molecule has 0 bridgehead atoms. The summed E-state index contributed by atoms with van der Waals surface area (Å²) < 4.78 is 1.75. The zero-order valence-corrected chi connectivity index (χ0v) is 15.7. The maximum Gasteiger partial charge on any atom is 0.234 e. The first-order chi connectivity index (χ1) is 12.5. The molecular weight excluding hydrogens is 348 g/mol. The molecule has 8 heteroatoms. The van der Waals surface area contributed by atoms with Gasteiger partial charge in [-0.2, -0.15) is 5.10 Å². The summed E-state index contributed by atoms with van der Waals surface area (Å²) in [5.74, 6) is 0.768. The van der Waals surface area contributed by atoms with Gasteiger partial charge >= 0.3 is 0 Å². The molecule has 0 saturated carbocycles. The first-order valence-electron chi connectivity index (χ1n) is 8.11. The fourth-order valence-corrected chi connectivity index (χ4v) is 3.00. The van der Waals surface area contributed by atoms with E-state index < -0.39 is 0 Å². The minimum Gasteiger partial charge on any atom is -0.322 e. The van der Waals surface area contributed by atoms with Gasteiger partial charge in [-0.1, -0.05) is 48.2 Å². The zero-order valence-electron chi connectivity index (χ0n) is 14.9. The van der Waals surface area contributed by atoms with E-state index in [-0.39, 0.29) is 11.7 Å². The highest BCUT2D eigenvalue weighted by Gasteiger charge is 2.13. The number of aromatic amines is 1. The molecule has 2 N–H and O–H groups in total. The number of aromatic nitrogens is 5. The molecule has 2 heterocycles. The Morgan fingerprint density at radius 3 is 2.73 bits per heavy atom. The summed E-state index contributed by atoms with van der Waals surface area (Å²) in [4.78, 5) is 16.5. The average Bonchev–Trinajstić information content (AvgIpc) is 3.19. The summed E-state index contributed by atoms with van der Waals surface area (Å²) in [6.07, 6.45) is 3.81. The van der Waals surface area contributed by atoms with Crippen LogP contribution in [0.5, 0.6) is 0 Å². The van der Waals surface area contributed by atoms with Crippen LogP contribution < -0.4 is 5.32 Å². The molecule has 0 aliphatic rings. The molecule has 7 nitrogen and oxygen atoms in total. The number of aryl methyl sites for hydroxylation is 2. The minimum absolute atomic E-state index is 0.111. The molecule has 0 fully saturated rings. The van der Waals surface area contributed by atoms with Crippen molar-refractivity contribution in [3.05, 3.63) is 53.1 Å². The number of nitrogens with one attached hydrogen (secondary N) is 2. The van der Waals surface area contributed by atoms with Gasteiger partial charge in [0.25, 0.3) is 0 Å². The molecule has 0 spiro atoms. The quantitative estimate of drug-likeness (QED) is 0.653. The van der Waals surface area contributed by atoms with Gasteiger partial charge in [-0.05, 0) is 25.5 Å². The number of H-pyrrole nitrogens is 1. The molecule has 26 heavy (non-hydrogen) atoms. The second-order valence-electron chi connectivity index (χ2n) is 5.75. The number of anilines is 1. The van der Waals surface area contributed by atoms with Crippen LogP contribution in [0.4, 0.5) is 5.69 Å². The van der Waals surface area contributed by atoms with E-state index in [1.807, 2.05) is 63.4 Å². The van der Waals surface area contributed by atoms with Crippen molar-refractivity contribution in [3.63, 3.8) is 0 Å². The average molecular weight is 368 g/mol. The number of hydrogen-bond acceptors (Lipinski definition) is 5. The molecular formula is C18H20N6OS. The van der Waals surface area contributed by atoms with E-state index in [4.69, 9.17) is 0 Å². The Hall–Kier alpha value is -2.87. The lowest BCUT2D eigenvalue weighted by Gasteiger charge is -2.04. The van der Waals surface area contributed by atoms with Crippen LogP contribution >= 0.6 is 11.8 Å². The van der Waals surface area contributed by atoms with Crippen LogP contribution in [0.1, 0.15) is 22.8 Å². The van der Waals surface area contributed by atoms with Gasteiger partial charge in [0.05, 0.1) is 22.8 Å². The SMILES string of the molecule is Cc1nn(C)c(C)c1NC(=O)CSc1n[nH]c(/C=C/c2ccccc2)n1. The lowest BCUT2D eigenvalue weighted by atomic mass is 10.2. The largest absolute Gasteiger partial charge is 0.322 e. The third-order valence-corrected chi connectivity index (χ3v) is 4.67. The van der Waals surface area contributed by atoms with Crippen LogP contribution in [0.25, 0.3) is 12.2 Å². The molecule has 1 aromatic carbocycles. The molecule has 0 saturated heterocycles. The number of thioether (sulfide) groups is 1. The Balaban J connectivity index is 1.54. The Labute approximate surface area is 155 Å². The standard InChI is InChI=1S/C18H20N6OS/c1-12-17(13(2)24(3)23-12)20-16(25)11-26-18-19-15(21-22-18)10-9-14-7-5-4-6-8-14/h4-10H,11H2,1-3H3,(H,20,25)(H,19,21,22)/b10-9+. The summed E-state index contributed by atoms with van der Waals surface area (Å²) in [5.41, 5.74) is 3.57. The minimum atomic E-state index is -0.111. The number of nitrogens with zero attached hydrogens (tertiary/aromatic N) is 4. The maximum atomic E-state index is 12.2. The van der Waals surface area contributed by atoms with Crippen molar-refractivity contribution in [2.24, 2.45) is 7.05 Å². The highest BCUT2D eigenvalue weighted by Crippen LogP contribution is 2.19. The molecule has 3 rings (SSSR count). The van der Waals surface area contributed by atoms with E-state index >= 15 is 0 Å². The topological polar surface area (TPSA) is 88.5 Å². The van der Waals surface area contributed by atoms with E-state index in [0.717, 1.165) is 22.6 Å². The van der Waals surface area contributed by atoms with Crippen LogP contribution in [0.2, 0.25) is 0 Å². The van der Waals surface area contributed by atoms with E-state index in [0.29, 0.717) is 11.0 Å². The highest BCUT2D eigenvalue weighted by atomic mass is 32.2. The van der Waals surface area contributed by atoms with E-state index in [9.17, 15) is 4.79 Å². The van der Waals surface area contributed by atoms with Gasteiger partial charge in [-0.3, -0.25) is 14.6 Å². The van der Waals surface area contributed by atoms with Crippen molar-refractivity contribution in [1.82, 2.24) is 25.0 Å². The fourth-order valence-electron chi connectivity index (χ4n) is 2.40.